The zero-order valence-corrected chi connectivity index (χ0v) is 14.3. The van der Waals surface area contributed by atoms with Gasteiger partial charge in [0.15, 0.2) is 0 Å². The van der Waals surface area contributed by atoms with Gasteiger partial charge in [0.1, 0.15) is 5.25 Å². The monoisotopic (exact) mass is 362 g/mol. The predicted molar refractivity (Wildman–Crippen MR) is 93.3 cm³/mol. The van der Waals surface area contributed by atoms with E-state index in [1.54, 1.807) is 17.0 Å². The van der Waals surface area contributed by atoms with Gasteiger partial charge in [-0.3, -0.25) is 24.5 Å². The fourth-order valence-electron chi connectivity index (χ4n) is 2.87. The largest absolute Gasteiger partial charge is 0.368 e. The minimum absolute atomic E-state index is 0.0373. The van der Waals surface area contributed by atoms with Gasteiger partial charge in [0.25, 0.3) is 5.24 Å². The Morgan fingerprint density at radius 2 is 1.76 bits per heavy atom. The molecule has 3 N–H and O–H groups in total. The summed E-state index contributed by atoms with van der Waals surface area (Å²) >= 11 is 0.872. The Labute approximate surface area is 148 Å². The molecule has 2 fully saturated rings. The molecular formula is C16H18N4O4S. The lowest BCUT2D eigenvalue weighted by atomic mass is 10.1. The molecule has 0 aliphatic carbocycles. The Morgan fingerprint density at radius 3 is 2.28 bits per heavy atom. The molecule has 1 aromatic carbocycles. The number of thioether (sulfide) groups is 1. The second kappa shape index (κ2) is 7.14. The molecule has 0 bridgehead atoms. The molecule has 0 saturated carbocycles. The van der Waals surface area contributed by atoms with Crippen molar-refractivity contribution in [2.45, 2.75) is 11.7 Å². The maximum atomic E-state index is 12.3. The lowest BCUT2D eigenvalue weighted by molar-refractivity contribution is -0.133. The number of benzene rings is 1. The molecule has 2 saturated heterocycles. The van der Waals surface area contributed by atoms with Gasteiger partial charge >= 0.3 is 0 Å². The number of nitrogens with two attached hydrogens (primary N) is 1. The first-order valence-corrected chi connectivity index (χ1v) is 8.76. The van der Waals surface area contributed by atoms with Crippen molar-refractivity contribution in [3.8, 4) is 0 Å². The number of primary amides is 1. The number of nitrogens with one attached hydrogen (secondary N) is 1. The van der Waals surface area contributed by atoms with Crippen LogP contribution in [-0.2, 0) is 9.59 Å². The van der Waals surface area contributed by atoms with E-state index in [0.717, 1.165) is 17.4 Å². The number of hydrogen-bond acceptors (Lipinski definition) is 6. The Hall–Kier alpha value is -2.55. The summed E-state index contributed by atoms with van der Waals surface area (Å²) in [6.45, 7) is 2.40. The molecule has 2 aliphatic rings. The van der Waals surface area contributed by atoms with Crippen molar-refractivity contribution < 1.29 is 19.2 Å². The van der Waals surface area contributed by atoms with Gasteiger partial charge in [0.2, 0.25) is 17.7 Å². The van der Waals surface area contributed by atoms with Crippen LogP contribution in [0.1, 0.15) is 16.8 Å². The van der Waals surface area contributed by atoms with Crippen LogP contribution >= 0.6 is 11.8 Å². The van der Waals surface area contributed by atoms with Gasteiger partial charge in [-0.05, 0) is 24.3 Å². The SMILES string of the molecule is NC(=O)c1ccc(N2CCN(C(=O)CC3SC(=O)NC3=O)CC2)cc1. The predicted octanol–water partition coefficient (Wildman–Crippen LogP) is 0.176. The fraction of sp³-hybridized carbons (Fsp3) is 0.375. The number of imide groups is 1. The number of anilines is 1. The number of nitrogens with zero attached hydrogens (tertiary/aromatic N) is 2. The van der Waals surface area contributed by atoms with E-state index in [4.69, 9.17) is 5.73 Å². The van der Waals surface area contributed by atoms with Crippen LogP contribution in [-0.4, -0.2) is 59.3 Å². The normalized spacial score (nSPS) is 20.6. The summed E-state index contributed by atoms with van der Waals surface area (Å²) in [5, 5.41) is 1.17. The molecule has 132 valence electrons. The maximum absolute atomic E-state index is 12.3. The zero-order chi connectivity index (χ0) is 18.0. The number of rotatable bonds is 4. The van der Waals surface area contributed by atoms with Crippen LogP contribution in [0.5, 0.6) is 0 Å². The number of hydrogen-bond donors (Lipinski definition) is 2. The first-order chi connectivity index (χ1) is 11.9. The summed E-state index contributed by atoms with van der Waals surface area (Å²) < 4.78 is 0. The van der Waals surface area contributed by atoms with E-state index in [1.165, 1.54) is 0 Å². The van der Waals surface area contributed by atoms with Crippen LogP contribution in [0.15, 0.2) is 24.3 Å². The molecule has 25 heavy (non-hydrogen) atoms. The van der Waals surface area contributed by atoms with E-state index in [0.29, 0.717) is 31.7 Å². The molecule has 3 rings (SSSR count). The highest BCUT2D eigenvalue weighted by molar-refractivity contribution is 8.15. The summed E-state index contributed by atoms with van der Waals surface area (Å²) in [6.07, 6.45) is 0.0373. The molecule has 1 atom stereocenters. The molecule has 8 nitrogen and oxygen atoms in total. The van der Waals surface area contributed by atoms with Gasteiger partial charge in [-0.15, -0.1) is 0 Å². The van der Waals surface area contributed by atoms with Gasteiger partial charge in [-0.1, -0.05) is 11.8 Å². The first-order valence-electron chi connectivity index (χ1n) is 7.88. The van der Waals surface area contributed by atoms with E-state index in [2.05, 4.69) is 10.2 Å². The molecular weight excluding hydrogens is 344 g/mol. The summed E-state index contributed by atoms with van der Waals surface area (Å²) in [5.74, 6) is -0.975. The van der Waals surface area contributed by atoms with E-state index in [9.17, 15) is 19.2 Å². The highest BCUT2D eigenvalue weighted by Gasteiger charge is 2.35. The number of carbonyl (C=O) groups excluding carboxylic acids is 4. The van der Waals surface area contributed by atoms with Crippen LogP contribution in [0.2, 0.25) is 0 Å². The molecule has 1 unspecified atom stereocenters. The standard InChI is InChI=1S/C16H18N4O4S/c17-14(22)10-1-3-11(4-2-10)19-5-7-20(8-6-19)13(21)9-12-15(23)18-16(24)25-12/h1-4,12H,5-9H2,(H2,17,22)(H,18,23,24). The van der Waals surface area contributed by atoms with Gasteiger partial charge in [0, 0.05) is 43.9 Å². The van der Waals surface area contributed by atoms with E-state index < -0.39 is 22.3 Å². The third-order valence-electron chi connectivity index (χ3n) is 4.28. The lowest BCUT2D eigenvalue weighted by Crippen LogP contribution is -2.49. The molecule has 2 heterocycles. The van der Waals surface area contributed by atoms with Gasteiger partial charge in [-0.2, -0.15) is 0 Å². The highest BCUT2D eigenvalue weighted by Crippen LogP contribution is 2.23. The average molecular weight is 362 g/mol. The van der Waals surface area contributed by atoms with Crippen LogP contribution in [0, 0.1) is 0 Å². The average Bonchev–Trinajstić information content (AvgIpc) is 2.92. The van der Waals surface area contributed by atoms with Crippen molar-refractivity contribution in [1.82, 2.24) is 10.2 Å². The van der Waals surface area contributed by atoms with Crippen molar-refractivity contribution >= 4 is 40.4 Å². The van der Waals surface area contributed by atoms with Crippen molar-refractivity contribution in [2.75, 3.05) is 31.1 Å². The van der Waals surface area contributed by atoms with E-state index in [-0.39, 0.29) is 12.3 Å². The van der Waals surface area contributed by atoms with Gasteiger partial charge in [-0.25, -0.2) is 0 Å². The summed E-state index contributed by atoms with van der Waals surface area (Å²) in [6, 6.07) is 7.04. The molecule has 0 aromatic heterocycles. The smallest absolute Gasteiger partial charge is 0.286 e. The number of carbonyl (C=O) groups is 4. The zero-order valence-electron chi connectivity index (χ0n) is 13.4. The summed E-state index contributed by atoms with van der Waals surface area (Å²) in [4.78, 5) is 50.0. The maximum Gasteiger partial charge on any atom is 0.286 e. The van der Waals surface area contributed by atoms with Crippen LogP contribution in [0.25, 0.3) is 0 Å². The minimum Gasteiger partial charge on any atom is -0.368 e. The lowest BCUT2D eigenvalue weighted by Gasteiger charge is -2.36. The number of piperazine rings is 1. The van der Waals surface area contributed by atoms with E-state index in [1.807, 2.05) is 12.1 Å². The molecule has 1 aromatic rings. The van der Waals surface area contributed by atoms with Crippen LogP contribution in [0.4, 0.5) is 10.5 Å². The Balaban J connectivity index is 1.52. The Bertz CT molecular complexity index is 713. The third-order valence-corrected chi connectivity index (χ3v) is 5.26. The van der Waals surface area contributed by atoms with Crippen molar-refractivity contribution in [2.24, 2.45) is 5.73 Å². The van der Waals surface area contributed by atoms with Gasteiger partial charge in [0.05, 0.1) is 0 Å². The first kappa shape index (κ1) is 17.3. The summed E-state index contributed by atoms with van der Waals surface area (Å²) in [5.41, 5.74) is 6.66. The Morgan fingerprint density at radius 1 is 1.12 bits per heavy atom. The Kier molecular flexibility index (Phi) is 4.93. The van der Waals surface area contributed by atoms with Crippen molar-refractivity contribution in [3.05, 3.63) is 29.8 Å². The summed E-state index contributed by atoms with van der Waals surface area (Å²) in [7, 11) is 0. The molecule has 9 heteroatoms. The van der Waals surface area contributed by atoms with Gasteiger partial charge < -0.3 is 15.5 Å². The van der Waals surface area contributed by atoms with Crippen LogP contribution < -0.4 is 16.0 Å². The van der Waals surface area contributed by atoms with E-state index >= 15 is 0 Å². The number of amides is 4. The molecule has 4 amide bonds. The van der Waals surface area contributed by atoms with Crippen molar-refractivity contribution in [1.29, 1.82) is 0 Å². The quantitative estimate of drug-likeness (QED) is 0.790. The highest BCUT2D eigenvalue weighted by atomic mass is 32.2. The second-order valence-electron chi connectivity index (χ2n) is 5.87. The van der Waals surface area contributed by atoms with Crippen LogP contribution in [0.3, 0.4) is 0 Å². The fourth-order valence-corrected chi connectivity index (χ4v) is 3.68. The molecule has 0 radical (unpaired) electrons. The minimum atomic E-state index is -0.626. The topological polar surface area (TPSA) is 113 Å². The third kappa shape index (κ3) is 3.93. The van der Waals surface area contributed by atoms with Crippen molar-refractivity contribution in [3.63, 3.8) is 0 Å². The molecule has 0 spiro atoms. The second-order valence-corrected chi connectivity index (χ2v) is 7.04. The molecule has 2 aliphatic heterocycles.